The number of ketones is 1. The molecule has 200 valence electrons. The SMILES string of the molecule is COC[C@H]1OC(=O)C(=CN(C)CCCN(C)C)C2=C(O)C(=O)C3=C([C@H](O)C[C@@]4(C)C3CC[C@@H]4O)[C@]21C. The highest BCUT2D eigenvalue weighted by Crippen LogP contribution is 2.62. The average molecular weight is 505 g/mol. The predicted octanol–water partition coefficient (Wildman–Crippen LogP) is 1.57. The molecule has 1 saturated heterocycles. The predicted molar refractivity (Wildman–Crippen MR) is 133 cm³/mol. The van der Waals surface area contributed by atoms with Crippen molar-refractivity contribution in [1.82, 2.24) is 9.80 Å². The quantitative estimate of drug-likeness (QED) is 0.350. The van der Waals surface area contributed by atoms with E-state index in [-0.39, 0.29) is 30.1 Å². The zero-order chi connectivity index (χ0) is 26.6. The van der Waals surface area contributed by atoms with Crippen LogP contribution in [0, 0.1) is 16.7 Å². The summed E-state index contributed by atoms with van der Waals surface area (Å²) in [6, 6.07) is 0. The van der Waals surface area contributed by atoms with Crippen LogP contribution in [-0.4, -0.2) is 103 Å². The Kier molecular flexibility index (Phi) is 7.16. The van der Waals surface area contributed by atoms with Gasteiger partial charge in [-0.15, -0.1) is 0 Å². The van der Waals surface area contributed by atoms with Crippen LogP contribution in [0.4, 0.5) is 0 Å². The molecule has 1 saturated carbocycles. The molecule has 0 aromatic rings. The van der Waals surface area contributed by atoms with Crippen molar-refractivity contribution in [3.05, 3.63) is 34.3 Å². The Labute approximate surface area is 213 Å². The average Bonchev–Trinajstić information content (AvgIpc) is 3.08. The fourth-order valence-corrected chi connectivity index (χ4v) is 6.93. The van der Waals surface area contributed by atoms with Crippen molar-refractivity contribution in [2.24, 2.45) is 16.7 Å². The summed E-state index contributed by atoms with van der Waals surface area (Å²) in [7, 11) is 7.31. The van der Waals surface area contributed by atoms with Gasteiger partial charge in [0.05, 0.1) is 29.8 Å². The molecule has 4 aliphatic rings. The van der Waals surface area contributed by atoms with E-state index < -0.39 is 46.7 Å². The minimum absolute atomic E-state index is 0.0349. The summed E-state index contributed by atoms with van der Waals surface area (Å²) in [5.41, 5.74) is -0.703. The lowest BCUT2D eigenvalue weighted by Crippen LogP contribution is -2.56. The van der Waals surface area contributed by atoms with Gasteiger partial charge < -0.3 is 34.6 Å². The molecule has 6 atom stereocenters. The number of carbonyl (C=O) groups is 2. The largest absolute Gasteiger partial charge is 0.504 e. The minimum atomic E-state index is -1.16. The van der Waals surface area contributed by atoms with E-state index in [4.69, 9.17) is 9.47 Å². The number of rotatable bonds is 7. The van der Waals surface area contributed by atoms with Gasteiger partial charge in [-0.3, -0.25) is 4.79 Å². The number of allylic oxidation sites excluding steroid dienone is 1. The number of methoxy groups -OCH3 is 1. The molecular formula is C27H40N2O7. The van der Waals surface area contributed by atoms with Crippen LogP contribution < -0.4 is 0 Å². The molecule has 1 aliphatic heterocycles. The number of nitrogens with zero attached hydrogens (tertiary/aromatic N) is 2. The maximum absolute atomic E-state index is 13.8. The van der Waals surface area contributed by atoms with Crippen LogP contribution in [0.5, 0.6) is 0 Å². The van der Waals surface area contributed by atoms with E-state index in [1.807, 2.05) is 39.9 Å². The highest BCUT2D eigenvalue weighted by molar-refractivity contribution is 6.13. The van der Waals surface area contributed by atoms with Gasteiger partial charge in [-0.05, 0) is 64.7 Å². The lowest BCUT2D eigenvalue weighted by molar-refractivity contribution is -0.157. The van der Waals surface area contributed by atoms with Gasteiger partial charge in [0.25, 0.3) is 0 Å². The van der Waals surface area contributed by atoms with Crippen molar-refractivity contribution in [1.29, 1.82) is 0 Å². The third-order valence-corrected chi connectivity index (χ3v) is 8.83. The first-order valence-electron chi connectivity index (χ1n) is 12.7. The second-order valence-corrected chi connectivity index (χ2v) is 11.5. The van der Waals surface area contributed by atoms with E-state index in [1.165, 1.54) is 7.11 Å². The normalized spacial score (nSPS) is 37.3. The first-order valence-corrected chi connectivity index (χ1v) is 12.7. The molecule has 2 fully saturated rings. The monoisotopic (exact) mass is 504 g/mol. The Morgan fingerprint density at radius 2 is 1.83 bits per heavy atom. The second kappa shape index (κ2) is 9.59. The molecule has 4 rings (SSSR count). The van der Waals surface area contributed by atoms with E-state index in [9.17, 15) is 24.9 Å². The number of fused-ring (bicyclic) bond motifs is 4. The number of esters is 1. The summed E-state index contributed by atoms with van der Waals surface area (Å²) in [6.45, 7) is 5.27. The maximum atomic E-state index is 13.8. The van der Waals surface area contributed by atoms with Crippen LogP contribution in [-0.2, 0) is 19.1 Å². The van der Waals surface area contributed by atoms with E-state index >= 15 is 0 Å². The molecule has 3 aliphatic carbocycles. The molecule has 0 radical (unpaired) electrons. The smallest absolute Gasteiger partial charge is 0.340 e. The van der Waals surface area contributed by atoms with Crippen molar-refractivity contribution in [3.63, 3.8) is 0 Å². The van der Waals surface area contributed by atoms with Gasteiger partial charge in [0, 0.05) is 43.5 Å². The number of carbonyl (C=O) groups excluding carboxylic acids is 2. The van der Waals surface area contributed by atoms with Crippen molar-refractivity contribution >= 4 is 11.8 Å². The van der Waals surface area contributed by atoms with Gasteiger partial charge in [-0.25, -0.2) is 4.79 Å². The molecule has 0 aromatic heterocycles. The lowest BCUT2D eigenvalue weighted by Gasteiger charge is -2.53. The van der Waals surface area contributed by atoms with E-state index in [0.29, 0.717) is 30.5 Å². The van der Waals surface area contributed by atoms with E-state index in [1.54, 1.807) is 6.20 Å². The third kappa shape index (κ3) is 4.00. The zero-order valence-electron chi connectivity index (χ0n) is 22.2. The molecule has 36 heavy (non-hydrogen) atoms. The summed E-state index contributed by atoms with van der Waals surface area (Å²) in [5, 5.41) is 33.6. The van der Waals surface area contributed by atoms with Crippen LogP contribution in [0.25, 0.3) is 0 Å². The van der Waals surface area contributed by atoms with Gasteiger partial charge in [0.15, 0.2) is 5.76 Å². The third-order valence-electron chi connectivity index (χ3n) is 8.83. The molecule has 1 unspecified atom stereocenters. The first kappa shape index (κ1) is 26.9. The Balaban J connectivity index is 1.85. The first-order chi connectivity index (χ1) is 16.9. The van der Waals surface area contributed by atoms with E-state index in [2.05, 4.69) is 4.90 Å². The molecule has 0 bridgehead atoms. The van der Waals surface area contributed by atoms with Crippen molar-refractivity contribution in [2.45, 2.75) is 57.8 Å². The van der Waals surface area contributed by atoms with Crippen molar-refractivity contribution in [3.8, 4) is 0 Å². The van der Waals surface area contributed by atoms with Crippen LogP contribution in [0.2, 0.25) is 0 Å². The number of ether oxygens (including phenoxy) is 2. The number of hydrogen-bond acceptors (Lipinski definition) is 9. The van der Waals surface area contributed by atoms with Crippen LogP contribution in [0.3, 0.4) is 0 Å². The topological polar surface area (TPSA) is 120 Å². The minimum Gasteiger partial charge on any atom is -0.504 e. The van der Waals surface area contributed by atoms with E-state index in [0.717, 1.165) is 13.0 Å². The molecule has 9 heteroatoms. The van der Waals surface area contributed by atoms with Crippen LogP contribution in [0.15, 0.2) is 34.3 Å². The Morgan fingerprint density at radius 3 is 2.47 bits per heavy atom. The second-order valence-electron chi connectivity index (χ2n) is 11.5. The summed E-state index contributed by atoms with van der Waals surface area (Å²) in [4.78, 5) is 30.9. The maximum Gasteiger partial charge on any atom is 0.340 e. The van der Waals surface area contributed by atoms with Gasteiger partial charge in [0.2, 0.25) is 5.78 Å². The van der Waals surface area contributed by atoms with Crippen LogP contribution in [0.1, 0.15) is 39.5 Å². The van der Waals surface area contributed by atoms with Crippen molar-refractivity contribution < 1.29 is 34.4 Å². The molecule has 0 spiro atoms. The van der Waals surface area contributed by atoms with Gasteiger partial charge in [-0.1, -0.05) is 6.92 Å². The number of hydrogen-bond donors (Lipinski definition) is 3. The highest BCUT2D eigenvalue weighted by atomic mass is 16.6. The fourth-order valence-electron chi connectivity index (χ4n) is 6.93. The number of aliphatic hydroxyl groups excluding tert-OH is 3. The summed E-state index contributed by atoms with van der Waals surface area (Å²) < 4.78 is 11.3. The Bertz CT molecular complexity index is 1030. The van der Waals surface area contributed by atoms with Gasteiger partial charge >= 0.3 is 5.97 Å². The zero-order valence-corrected chi connectivity index (χ0v) is 22.2. The lowest BCUT2D eigenvalue weighted by atomic mass is 9.53. The molecule has 3 N–H and O–H groups in total. The highest BCUT2D eigenvalue weighted by Gasteiger charge is 2.63. The van der Waals surface area contributed by atoms with Crippen molar-refractivity contribution in [2.75, 3.05) is 47.9 Å². The molecule has 0 aromatic carbocycles. The number of aliphatic hydroxyl groups is 3. The fraction of sp³-hybridized carbons (Fsp3) is 0.704. The standard InChI is InChI=1S/C27H40N2O7/c1-26-12-17(30)22-20(16(26)8-9-18(26)31)23(32)24(33)21-15(13-29(5)11-7-10-28(3)4)25(34)36-19(14-35-6)27(21,22)2/h13,16-19,30-31,33H,7-12,14H2,1-6H3/t16?,17-,18+,19-,26+,27+/m1/s1. The summed E-state index contributed by atoms with van der Waals surface area (Å²) in [6.07, 6.45) is 1.34. The Hall–Kier alpha value is -2.20. The number of cyclic esters (lactones) is 1. The molecular weight excluding hydrogens is 464 g/mol. The Morgan fingerprint density at radius 1 is 1.14 bits per heavy atom. The molecule has 1 heterocycles. The van der Waals surface area contributed by atoms with Gasteiger partial charge in [0.1, 0.15) is 6.10 Å². The van der Waals surface area contributed by atoms with Crippen LogP contribution >= 0.6 is 0 Å². The number of Topliss-reactive ketones (excluding diaryl/α,β-unsaturated/α-hetero) is 1. The summed E-state index contributed by atoms with van der Waals surface area (Å²) >= 11 is 0. The summed E-state index contributed by atoms with van der Waals surface area (Å²) in [5.74, 6) is -2.01. The molecule has 0 amide bonds. The van der Waals surface area contributed by atoms with Gasteiger partial charge in [-0.2, -0.15) is 0 Å². The molecule has 9 nitrogen and oxygen atoms in total.